The van der Waals surface area contributed by atoms with Crippen LogP contribution in [0.15, 0.2) is 0 Å². The lowest BCUT2D eigenvalue weighted by Crippen LogP contribution is -2.30. The van der Waals surface area contributed by atoms with E-state index >= 15 is 0 Å². The van der Waals surface area contributed by atoms with Crippen LogP contribution in [0.3, 0.4) is 0 Å². The highest BCUT2D eigenvalue weighted by molar-refractivity contribution is 4.40. The smallest absolute Gasteiger partial charge is 0.0983 e. The molecule has 68 valence electrons. The first-order chi connectivity index (χ1) is 5.41. The second kappa shape index (κ2) is 9.80. The summed E-state index contributed by atoms with van der Waals surface area (Å²) < 4.78 is 5.10. The van der Waals surface area contributed by atoms with Gasteiger partial charge in [-0.3, -0.25) is 10.6 Å². The van der Waals surface area contributed by atoms with E-state index in [1.807, 2.05) is 0 Å². The molecule has 0 aliphatic rings. The van der Waals surface area contributed by atoms with Crippen LogP contribution >= 0.6 is 0 Å². The maximum absolute atomic E-state index is 5.24. The second-order valence-electron chi connectivity index (χ2n) is 2.07. The second-order valence-corrected chi connectivity index (χ2v) is 2.07. The standard InChI is InChI=1S/C6H18N4O/c7-1-3-9-5-11-6-10-4-2-8/h9-10H,1-8H2. The molecular formula is C6H18N4O. The molecule has 0 heterocycles. The molecule has 0 amide bonds. The van der Waals surface area contributed by atoms with Crippen molar-refractivity contribution >= 4 is 0 Å². The number of hydrogen-bond acceptors (Lipinski definition) is 5. The highest BCUT2D eigenvalue weighted by atomic mass is 16.5. The van der Waals surface area contributed by atoms with E-state index in [0.29, 0.717) is 26.6 Å². The minimum Gasteiger partial charge on any atom is -0.351 e. The highest BCUT2D eigenvalue weighted by Gasteiger charge is 1.84. The third-order valence-electron chi connectivity index (χ3n) is 1.05. The first-order valence-electron chi connectivity index (χ1n) is 3.81. The first kappa shape index (κ1) is 10.8. The van der Waals surface area contributed by atoms with Gasteiger partial charge in [-0.25, -0.2) is 0 Å². The largest absolute Gasteiger partial charge is 0.351 e. The summed E-state index contributed by atoms with van der Waals surface area (Å²) >= 11 is 0. The number of ether oxygens (including phenoxy) is 1. The zero-order valence-electron chi connectivity index (χ0n) is 6.81. The van der Waals surface area contributed by atoms with Gasteiger partial charge in [0, 0.05) is 26.2 Å². The van der Waals surface area contributed by atoms with Crippen molar-refractivity contribution in [2.24, 2.45) is 11.5 Å². The molecule has 5 nitrogen and oxygen atoms in total. The normalized spacial score (nSPS) is 10.4. The Bertz CT molecular complexity index is 63.6. The van der Waals surface area contributed by atoms with Crippen LogP contribution in [-0.4, -0.2) is 39.6 Å². The van der Waals surface area contributed by atoms with Crippen LogP contribution in [0.25, 0.3) is 0 Å². The molecule has 11 heavy (non-hydrogen) atoms. The van der Waals surface area contributed by atoms with Gasteiger partial charge in [-0.1, -0.05) is 0 Å². The van der Waals surface area contributed by atoms with E-state index in [1.165, 1.54) is 0 Å². The number of nitrogens with two attached hydrogens (primary N) is 2. The Hall–Kier alpha value is -0.200. The van der Waals surface area contributed by atoms with E-state index in [4.69, 9.17) is 16.2 Å². The summed E-state index contributed by atoms with van der Waals surface area (Å²) in [5, 5.41) is 5.99. The summed E-state index contributed by atoms with van der Waals surface area (Å²) in [6, 6.07) is 0. The molecule has 6 N–H and O–H groups in total. The molecule has 0 fully saturated rings. The minimum atomic E-state index is 0.536. The average Bonchev–Trinajstić information content (AvgIpc) is 2.03. The predicted molar refractivity (Wildman–Crippen MR) is 44.9 cm³/mol. The van der Waals surface area contributed by atoms with E-state index in [-0.39, 0.29) is 0 Å². The van der Waals surface area contributed by atoms with Crippen molar-refractivity contribution in [3.8, 4) is 0 Å². The van der Waals surface area contributed by atoms with Gasteiger partial charge in [-0.2, -0.15) is 0 Å². The van der Waals surface area contributed by atoms with E-state index in [2.05, 4.69) is 10.6 Å². The maximum atomic E-state index is 5.24. The van der Waals surface area contributed by atoms with E-state index in [9.17, 15) is 0 Å². The number of nitrogens with one attached hydrogen (secondary N) is 2. The molecule has 0 atom stereocenters. The lowest BCUT2D eigenvalue weighted by Gasteiger charge is -2.05. The molecule has 0 aromatic rings. The topological polar surface area (TPSA) is 85.3 Å². The lowest BCUT2D eigenvalue weighted by molar-refractivity contribution is 0.102. The van der Waals surface area contributed by atoms with Crippen molar-refractivity contribution in [3.05, 3.63) is 0 Å². The van der Waals surface area contributed by atoms with Crippen LogP contribution in [-0.2, 0) is 4.74 Å². The third-order valence-corrected chi connectivity index (χ3v) is 1.05. The number of rotatable bonds is 8. The third kappa shape index (κ3) is 9.80. The molecule has 0 rings (SSSR count). The van der Waals surface area contributed by atoms with Crippen LogP contribution in [0.4, 0.5) is 0 Å². The Labute approximate surface area is 67.5 Å². The Morgan fingerprint density at radius 1 is 0.909 bits per heavy atom. The quantitative estimate of drug-likeness (QED) is 0.245. The Balaban J connectivity index is 2.69. The molecule has 0 spiro atoms. The van der Waals surface area contributed by atoms with Gasteiger partial charge < -0.3 is 16.2 Å². The van der Waals surface area contributed by atoms with Crippen LogP contribution in [0.5, 0.6) is 0 Å². The molecule has 0 unspecified atom stereocenters. The van der Waals surface area contributed by atoms with Crippen molar-refractivity contribution in [3.63, 3.8) is 0 Å². The summed E-state index contributed by atoms with van der Waals surface area (Å²) in [7, 11) is 0. The molecule has 0 aliphatic heterocycles. The highest BCUT2D eigenvalue weighted by Crippen LogP contribution is 1.65. The maximum Gasteiger partial charge on any atom is 0.0983 e. The van der Waals surface area contributed by atoms with Crippen molar-refractivity contribution in [2.75, 3.05) is 39.6 Å². The molecule has 0 saturated carbocycles. The summed E-state index contributed by atoms with van der Waals surface area (Å²) in [4.78, 5) is 0. The molecule has 5 heteroatoms. The Morgan fingerprint density at radius 2 is 1.36 bits per heavy atom. The predicted octanol–water partition coefficient (Wildman–Crippen LogP) is -1.99. The molecule has 0 radical (unpaired) electrons. The van der Waals surface area contributed by atoms with E-state index in [1.54, 1.807) is 0 Å². The van der Waals surface area contributed by atoms with Gasteiger partial charge in [0.25, 0.3) is 0 Å². The average molecular weight is 162 g/mol. The molecule has 0 aromatic carbocycles. The summed E-state index contributed by atoms with van der Waals surface area (Å²) in [5.74, 6) is 0. The van der Waals surface area contributed by atoms with Gasteiger partial charge in [-0.05, 0) is 0 Å². The van der Waals surface area contributed by atoms with E-state index in [0.717, 1.165) is 13.1 Å². The van der Waals surface area contributed by atoms with Gasteiger partial charge >= 0.3 is 0 Å². The van der Waals surface area contributed by atoms with Gasteiger partial charge in [0.05, 0.1) is 13.5 Å². The SMILES string of the molecule is NCCNCOCNCCN. The van der Waals surface area contributed by atoms with Crippen LogP contribution in [0, 0.1) is 0 Å². The van der Waals surface area contributed by atoms with E-state index < -0.39 is 0 Å². The van der Waals surface area contributed by atoms with Crippen LogP contribution < -0.4 is 22.1 Å². The molecule has 0 aromatic heterocycles. The first-order valence-corrected chi connectivity index (χ1v) is 3.81. The fourth-order valence-corrected chi connectivity index (χ4v) is 0.544. The zero-order chi connectivity index (χ0) is 8.36. The number of hydrogen-bond donors (Lipinski definition) is 4. The van der Waals surface area contributed by atoms with Crippen LogP contribution in [0.1, 0.15) is 0 Å². The summed E-state index contributed by atoms with van der Waals surface area (Å²) in [6.45, 7) is 3.93. The lowest BCUT2D eigenvalue weighted by atomic mass is 10.6. The van der Waals surface area contributed by atoms with Crippen molar-refractivity contribution < 1.29 is 4.74 Å². The summed E-state index contributed by atoms with van der Waals surface area (Å²) in [6.07, 6.45) is 0. The van der Waals surface area contributed by atoms with Crippen LogP contribution in [0.2, 0.25) is 0 Å². The van der Waals surface area contributed by atoms with Crippen molar-refractivity contribution in [1.29, 1.82) is 0 Å². The Morgan fingerprint density at radius 3 is 1.73 bits per heavy atom. The van der Waals surface area contributed by atoms with Crippen molar-refractivity contribution in [1.82, 2.24) is 10.6 Å². The summed E-state index contributed by atoms with van der Waals surface area (Å²) in [5.41, 5.74) is 10.5. The van der Waals surface area contributed by atoms with Gasteiger partial charge in [0.15, 0.2) is 0 Å². The minimum absolute atomic E-state index is 0.536. The molecular weight excluding hydrogens is 144 g/mol. The monoisotopic (exact) mass is 162 g/mol. The fourth-order valence-electron chi connectivity index (χ4n) is 0.544. The van der Waals surface area contributed by atoms with Gasteiger partial charge in [-0.15, -0.1) is 0 Å². The van der Waals surface area contributed by atoms with Crippen molar-refractivity contribution in [2.45, 2.75) is 0 Å². The van der Waals surface area contributed by atoms with Gasteiger partial charge in [0.1, 0.15) is 0 Å². The Kier molecular flexibility index (Phi) is 9.62. The fraction of sp³-hybridized carbons (Fsp3) is 1.00. The molecule has 0 saturated heterocycles. The van der Waals surface area contributed by atoms with Gasteiger partial charge in [0.2, 0.25) is 0 Å². The zero-order valence-corrected chi connectivity index (χ0v) is 6.81. The molecule has 0 bridgehead atoms. The molecule has 0 aliphatic carbocycles.